The molecule has 0 saturated heterocycles. The maximum absolute atomic E-state index is 12.8. The smallest absolute Gasteiger partial charge is 0.308 e. The second kappa shape index (κ2) is 43.4. The molecule has 8 heteroatoms. The van der Waals surface area contributed by atoms with E-state index in [-0.39, 0.29) is 50.7 Å². The maximum atomic E-state index is 12.8. The predicted molar refractivity (Wildman–Crippen MR) is 235 cm³/mol. The molecule has 0 fully saturated rings. The lowest BCUT2D eigenvalue weighted by atomic mass is 9.95. The number of ether oxygens (including phenoxy) is 4. The SMILES string of the molecule is CCCCCCCCC(CCCCCCCC)COC(=O)CCOCC(CN(C)CCO)OCCC(=O)OCC(CCCCCCCC)CCCCCCCC. The van der Waals surface area contributed by atoms with Crippen LogP contribution in [0.25, 0.3) is 0 Å². The van der Waals surface area contributed by atoms with Crippen molar-refractivity contribution in [3.63, 3.8) is 0 Å². The molecule has 56 heavy (non-hydrogen) atoms. The third kappa shape index (κ3) is 38.3. The molecule has 0 aromatic heterocycles. The minimum absolute atomic E-state index is 0.0552. The molecule has 0 heterocycles. The van der Waals surface area contributed by atoms with Crippen LogP contribution < -0.4 is 0 Å². The van der Waals surface area contributed by atoms with Gasteiger partial charge in [0.1, 0.15) is 0 Å². The van der Waals surface area contributed by atoms with Gasteiger partial charge in [-0.05, 0) is 44.6 Å². The highest BCUT2D eigenvalue weighted by Crippen LogP contribution is 2.22. The Morgan fingerprint density at radius 2 is 0.857 bits per heavy atom. The summed E-state index contributed by atoms with van der Waals surface area (Å²) in [5, 5.41) is 9.43. The van der Waals surface area contributed by atoms with E-state index in [9.17, 15) is 14.7 Å². The molecule has 0 radical (unpaired) electrons. The van der Waals surface area contributed by atoms with Crippen LogP contribution in [-0.2, 0) is 28.5 Å². The number of hydrogen-bond donors (Lipinski definition) is 1. The molecule has 1 N–H and O–H groups in total. The Morgan fingerprint density at radius 1 is 0.500 bits per heavy atom. The van der Waals surface area contributed by atoms with Gasteiger partial charge in [0.15, 0.2) is 0 Å². The largest absolute Gasteiger partial charge is 0.465 e. The van der Waals surface area contributed by atoms with Crippen molar-refractivity contribution < 1.29 is 33.6 Å². The van der Waals surface area contributed by atoms with Crippen LogP contribution in [0.1, 0.15) is 220 Å². The van der Waals surface area contributed by atoms with Crippen LogP contribution in [0.2, 0.25) is 0 Å². The first kappa shape index (κ1) is 54.8. The summed E-state index contributed by atoms with van der Waals surface area (Å²) >= 11 is 0. The molecule has 0 saturated carbocycles. The Balaban J connectivity index is 4.73. The van der Waals surface area contributed by atoms with Gasteiger partial charge in [-0.2, -0.15) is 0 Å². The first-order valence-corrected chi connectivity index (χ1v) is 24.2. The van der Waals surface area contributed by atoms with E-state index in [0.717, 1.165) is 25.7 Å². The normalized spacial score (nSPS) is 12.3. The van der Waals surface area contributed by atoms with Gasteiger partial charge in [-0.15, -0.1) is 0 Å². The molecule has 8 nitrogen and oxygen atoms in total. The second-order valence-electron chi connectivity index (χ2n) is 16.9. The van der Waals surface area contributed by atoms with Crippen molar-refractivity contribution in [3.8, 4) is 0 Å². The zero-order valence-electron chi connectivity index (χ0n) is 37.9. The molecule has 0 aromatic carbocycles. The fourth-order valence-corrected chi connectivity index (χ4v) is 7.48. The van der Waals surface area contributed by atoms with Gasteiger partial charge < -0.3 is 29.0 Å². The van der Waals surface area contributed by atoms with Crippen LogP contribution in [0.5, 0.6) is 0 Å². The van der Waals surface area contributed by atoms with Crippen molar-refractivity contribution >= 4 is 11.9 Å². The van der Waals surface area contributed by atoms with Gasteiger partial charge in [0.25, 0.3) is 0 Å². The molecule has 0 aliphatic rings. The molecule has 0 aromatic rings. The van der Waals surface area contributed by atoms with Gasteiger partial charge in [-0.25, -0.2) is 0 Å². The Kier molecular flexibility index (Phi) is 42.4. The second-order valence-corrected chi connectivity index (χ2v) is 16.9. The molecular formula is C48H95NO7. The summed E-state index contributed by atoms with van der Waals surface area (Å²) in [6.07, 6.45) is 35.4. The molecule has 1 unspecified atom stereocenters. The monoisotopic (exact) mass is 798 g/mol. The first-order chi connectivity index (χ1) is 27.4. The number of carbonyl (C=O) groups excluding carboxylic acids is 2. The standard InChI is InChI=1S/C48H95NO7/c1-6-10-14-18-22-26-30-44(31-27-23-19-15-11-7-2)41-55-47(51)34-38-53-43-46(40-49(5)36-37-50)54-39-35-48(52)56-42-45(32-28-24-20-16-12-8-3)33-29-25-21-17-13-9-4/h44-46,50H,6-43H2,1-5H3. The highest BCUT2D eigenvalue weighted by Gasteiger charge is 2.17. The van der Waals surface area contributed by atoms with E-state index < -0.39 is 0 Å². The number of esters is 2. The van der Waals surface area contributed by atoms with Crippen molar-refractivity contribution in [1.29, 1.82) is 0 Å². The summed E-state index contributed by atoms with van der Waals surface area (Å²) < 4.78 is 23.6. The van der Waals surface area contributed by atoms with Crippen LogP contribution in [-0.4, -0.2) is 87.8 Å². The van der Waals surface area contributed by atoms with E-state index in [1.807, 2.05) is 11.9 Å². The minimum atomic E-state index is -0.289. The Morgan fingerprint density at radius 3 is 1.23 bits per heavy atom. The molecule has 0 spiro atoms. The fraction of sp³-hybridized carbons (Fsp3) is 0.958. The van der Waals surface area contributed by atoms with Crippen LogP contribution in [0.4, 0.5) is 0 Å². The zero-order chi connectivity index (χ0) is 41.2. The number of aliphatic hydroxyl groups is 1. The van der Waals surface area contributed by atoms with Crippen molar-refractivity contribution in [2.75, 3.05) is 59.8 Å². The Labute approximate surface area is 347 Å². The fourth-order valence-electron chi connectivity index (χ4n) is 7.48. The lowest BCUT2D eigenvalue weighted by Crippen LogP contribution is -2.36. The van der Waals surface area contributed by atoms with Crippen molar-refractivity contribution in [1.82, 2.24) is 4.90 Å². The number of hydrogen-bond acceptors (Lipinski definition) is 8. The van der Waals surface area contributed by atoms with Crippen LogP contribution >= 0.6 is 0 Å². The summed E-state index contributed by atoms with van der Waals surface area (Å²) in [4.78, 5) is 27.5. The first-order valence-electron chi connectivity index (χ1n) is 24.2. The molecular weight excluding hydrogens is 703 g/mol. The van der Waals surface area contributed by atoms with Gasteiger partial charge in [0.05, 0.1) is 58.6 Å². The zero-order valence-corrected chi connectivity index (χ0v) is 37.9. The highest BCUT2D eigenvalue weighted by molar-refractivity contribution is 5.69. The van der Waals surface area contributed by atoms with Crippen molar-refractivity contribution in [2.24, 2.45) is 11.8 Å². The summed E-state index contributed by atoms with van der Waals surface area (Å²) in [7, 11) is 1.93. The molecule has 1 atom stereocenters. The van der Waals surface area contributed by atoms with E-state index in [4.69, 9.17) is 18.9 Å². The summed E-state index contributed by atoms with van der Waals surface area (Å²) in [6, 6.07) is 0. The van der Waals surface area contributed by atoms with Crippen LogP contribution in [0.3, 0.4) is 0 Å². The number of rotatable bonds is 45. The van der Waals surface area contributed by atoms with Crippen molar-refractivity contribution in [2.45, 2.75) is 226 Å². The lowest BCUT2D eigenvalue weighted by Gasteiger charge is -2.24. The summed E-state index contributed by atoms with van der Waals surface area (Å²) in [6.45, 7) is 12.0. The van der Waals surface area contributed by atoms with E-state index in [2.05, 4.69) is 27.7 Å². The average Bonchev–Trinajstić information content (AvgIpc) is 3.19. The van der Waals surface area contributed by atoms with Crippen LogP contribution in [0.15, 0.2) is 0 Å². The van der Waals surface area contributed by atoms with Crippen molar-refractivity contribution in [3.05, 3.63) is 0 Å². The van der Waals surface area contributed by atoms with Gasteiger partial charge in [-0.3, -0.25) is 9.59 Å². The average molecular weight is 798 g/mol. The predicted octanol–water partition coefficient (Wildman–Crippen LogP) is 12.4. The topological polar surface area (TPSA) is 94.5 Å². The van der Waals surface area contributed by atoms with E-state index in [0.29, 0.717) is 44.7 Å². The molecule has 0 aliphatic carbocycles. The third-order valence-corrected chi connectivity index (χ3v) is 11.2. The number of nitrogens with zero attached hydrogens (tertiary/aromatic N) is 1. The number of unbranched alkanes of at least 4 members (excludes halogenated alkanes) is 20. The van der Waals surface area contributed by atoms with E-state index in [1.54, 1.807) is 0 Å². The third-order valence-electron chi connectivity index (χ3n) is 11.2. The number of aliphatic hydroxyl groups excluding tert-OH is 1. The van der Waals surface area contributed by atoms with Gasteiger partial charge in [0.2, 0.25) is 0 Å². The number of carbonyl (C=O) groups is 2. The van der Waals surface area contributed by atoms with Gasteiger partial charge in [-0.1, -0.05) is 182 Å². The lowest BCUT2D eigenvalue weighted by molar-refractivity contribution is -0.149. The van der Waals surface area contributed by atoms with E-state index in [1.165, 1.54) is 154 Å². The number of likely N-dealkylation sites (N-methyl/N-ethyl adjacent to an activating group) is 1. The summed E-state index contributed by atoms with van der Waals surface area (Å²) in [5.41, 5.74) is 0. The Bertz CT molecular complexity index is 795. The van der Waals surface area contributed by atoms with Gasteiger partial charge >= 0.3 is 11.9 Å². The maximum Gasteiger partial charge on any atom is 0.308 e. The molecule has 0 amide bonds. The molecule has 0 rings (SSSR count). The minimum Gasteiger partial charge on any atom is -0.465 e. The van der Waals surface area contributed by atoms with E-state index >= 15 is 0 Å². The Hall–Kier alpha value is -1.22. The highest BCUT2D eigenvalue weighted by atomic mass is 16.6. The molecule has 0 aliphatic heterocycles. The molecule has 0 bridgehead atoms. The summed E-state index contributed by atoms with van der Waals surface area (Å²) in [5.74, 6) is 0.460. The molecule has 334 valence electrons. The quantitative estimate of drug-likeness (QED) is 0.0481. The van der Waals surface area contributed by atoms with Gasteiger partial charge in [0, 0.05) is 13.1 Å². The van der Waals surface area contributed by atoms with Crippen LogP contribution in [0, 0.1) is 11.8 Å².